The van der Waals surface area contributed by atoms with E-state index in [1.807, 2.05) is 36.4 Å². The molecule has 1 aliphatic heterocycles. The van der Waals surface area contributed by atoms with E-state index in [-0.39, 0.29) is 11.7 Å². The number of carbonyl (C=O) groups is 1. The van der Waals surface area contributed by atoms with Crippen molar-refractivity contribution in [1.82, 2.24) is 15.2 Å². The van der Waals surface area contributed by atoms with E-state index in [2.05, 4.69) is 20.1 Å². The maximum Gasteiger partial charge on any atom is 0.280 e. The first-order valence-electron chi connectivity index (χ1n) is 9.06. The van der Waals surface area contributed by atoms with Crippen LogP contribution in [0.4, 0.5) is 10.1 Å². The smallest absolute Gasteiger partial charge is 0.280 e. The fraction of sp³-hybridized carbons (Fsp3) is 0.300. The van der Waals surface area contributed by atoms with Crippen LogP contribution >= 0.6 is 11.3 Å². The number of hydrogen-bond acceptors (Lipinski definition) is 5. The Bertz CT molecular complexity index is 886. The summed E-state index contributed by atoms with van der Waals surface area (Å²) in [6.45, 7) is 5.07. The van der Waals surface area contributed by atoms with Gasteiger partial charge in [-0.3, -0.25) is 9.69 Å². The Morgan fingerprint density at radius 3 is 2.56 bits per heavy atom. The molecule has 5 nitrogen and oxygen atoms in total. The first-order valence-corrected chi connectivity index (χ1v) is 9.87. The van der Waals surface area contributed by atoms with E-state index in [0.717, 1.165) is 48.6 Å². The Morgan fingerprint density at radius 1 is 1.07 bits per heavy atom. The third kappa shape index (κ3) is 4.26. The van der Waals surface area contributed by atoms with E-state index < -0.39 is 0 Å². The average molecular weight is 384 g/mol. The van der Waals surface area contributed by atoms with Crippen LogP contribution in [0.1, 0.15) is 9.80 Å². The van der Waals surface area contributed by atoms with Crippen LogP contribution in [-0.4, -0.2) is 55.1 Å². The normalized spacial score (nSPS) is 15.2. The van der Waals surface area contributed by atoms with Gasteiger partial charge in [-0.2, -0.15) is 0 Å². The number of para-hydroxylation sites is 1. The molecule has 1 saturated heterocycles. The van der Waals surface area contributed by atoms with Crippen molar-refractivity contribution < 1.29 is 9.18 Å². The number of piperazine rings is 1. The molecule has 1 aromatic heterocycles. The highest BCUT2D eigenvalue weighted by molar-refractivity contribution is 7.20. The number of carbonyl (C=O) groups excluding carboxylic acids is 1. The number of nitrogens with zero attached hydrogens (tertiary/aromatic N) is 3. The molecule has 4 rings (SSSR count). The number of aromatic nitrogens is 1. The van der Waals surface area contributed by atoms with Crippen molar-refractivity contribution in [3.63, 3.8) is 0 Å². The molecule has 1 fully saturated rings. The average Bonchev–Trinajstić information content (AvgIpc) is 3.14. The summed E-state index contributed by atoms with van der Waals surface area (Å²) < 4.78 is 14.1. The van der Waals surface area contributed by atoms with Crippen molar-refractivity contribution >= 4 is 33.1 Å². The third-order valence-corrected chi connectivity index (χ3v) is 5.80. The van der Waals surface area contributed by atoms with Gasteiger partial charge in [0.25, 0.3) is 5.91 Å². The first kappa shape index (κ1) is 17.9. The van der Waals surface area contributed by atoms with E-state index in [9.17, 15) is 9.18 Å². The van der Waals surface area contributed by atoms with Crippen molar-refractivity contribution in [1.29, 1.82) is 0 Å². The number of rotatable bonds is 5. The molecule has 1 aliphatic rings. The summed E-state index contributed by atoms with van der Waals surface area (Å²) in [7, 11) is 0. The van der Waals surface area contributed by atoms with Gasteiger partial charge in [0.05, 0.1) is 10.2 Å². The molecule has 0 radical (unpaired) electrons. The summed E-state index contributed by atoms with van der Waals surface area (Å²) in [4.78, 5) is 21.3. The number of nitrogens with one attached hydrogen (secondary N) is 1. The van der Waals surface area contributed by atoms with Crippen molar-refractivity contribution in [3.05, 3.63) is 59.4 Å². The van der Waals surface area contributed by atoms with Gasteiger partial charge in [-0.1, -0.05) is 12.1 Å². The third-order valence-electron chi connectivity index (χ3n) is 4.77. The maximum atomic E-state index is 13.0. The van der Waals surface area contributed by atoms with Crippen molar-refractivity contribution in [2.45, 2.75) is 0 Å². The molecule has 27 heavy (non-hydrogen) atoms. The molecule has 1 N–H and O–H groups in total. The van der Waals surface area contributed by atoms with Gasteiger partial charge in [0.1, 0.15) is 5.82 Å². The molecule has 0 spiro atoms. The Labute approximate surface area is 161 Å². The zero-order valence-corrected chi connectivity index (χ0v) is 15.7. The summed E-state index contributed by atoms with van der Waals surface area (Å²) >= 11 is 1.42. The topological polar surface area (TPSA) is 48.5 Å². The van der Waals surface area contributed by atoms with Crippen LogP contribution in [-0.2, 0) is 0 Å². The van der Waals surface area contributed by atoms with Gasteiger partial charge < -0.3 is 10.2 Å². The Balaban J connectivity index is 1.23. The van der Waals surface area contributed by atoms with Gasteiger partial charge >= 0.3 is 0 Å². The number of hydrogen-bond donors (Lipinski definition) is 1. The first-order chi connectivity index (χ1) is 13.2. The minimum Gasteiger partial charge on any atom is -0.369 e. The molecule has 0 aliphatic carbocycles. The molecule has 2 aromatic carbocycles. The van der Waals surface area contributed by atoms with Crippen LogP contribution in [0, 0.1) is 5.82 Å². The number of benzene rings is 2. The highest BCUT2D eigenvalue weighted by atomic mass is 32.1. The number of halogens is 1. The second-order valence-corrected chi connectivity index (χ2v) is 7.58. The highest BCUT2D eigenvalue weighted by Crippen LogP contribution is 2.21. The lowest BCUT2D eigenvalue weighted by molar-refractivity contribution is 0.0947. The van der Waals surface area contributed by atoms with E-state index in [4.69, 9.17) is 0 Å². The van der Waals surface area contributed by atoms with Crippen LogP contribution in [0.3, 0.4) is 0 Å². The molecule has 0 bridgehead atoms. The summed E-state index contributed by atoms with van der Waals surface area (Å²) in [5.41, 5.74) is 1.92. The molecular formula is C20H21FN4OS. The SMILES string of the molecule is O=C(NCCN1CCN(c2ccc(F)cc2)CC1)c1nc2ccccc2s1. The van der Waals surface area contributed by atoms with Crippen LogP contribution in [0.2, 0.25) is 0 Å². The molecule has 7 heteroatoms. The largest absolute Gasteiger partial charge is 0.369 e. The molecule has 1 amide bonds. The minimum atomic E-state index is -0.207. The summed E-state index contributed by atoms with van der Waals surface area (Å²) in [5.74, 6) is -0.317. The lowest BCUT2D eigenvalue weighted by Gasteiger charge is -2.36. The number of amides is 1. The zero-order chi connectivity index (χ0) is 18.6. The van der Waals surface area contributed by atoms with Gasteiger partial charge in [-0.05, 0) is 36.4 Å². The van der Waals surface area contributed by atoms with Gasteiger partial charge in [0.15, 0.2) is 5.01 Å². The summed E-state index contributed by atoms with van der Waals surface area (Å²) in [6.07, 6.45) is 0. The maximum absolute atomic E-state index is 13.0. The molecule has 0 saturated carbocycles. The fourth-order valence-corrected chi connectivity index (χ4v) is 4.14. The van der Waals surface area contributed by atoms with E-state index in [1.165, 1.54) is 23.5 Å². The number of anilines is 1. The van der Waals surface area contributed by atoms with E-state index in [0.29, 0.717) is 11.6 Å². The lowest BCUT2D eigenvalue weighted by atomic mass is 10.2. The molecule has 2 heterocycles. The zero-order valence-electron chi connectivity index (χ0n) is 14.9. The quantitative estimate of drug-likeness (QED) is 0.735. The van der Waals surface area contributed by atoms with Crippen LogP contribution in [0.5, 0.6) is 0 Å². The highest BCUT2D eigenvalue weighted by Gasteiger charge is 2.18. The molecule has 3 aromatic rings. The molecule has 0 unspecified atom stereocenters. The van der Waals surface area contributed by atoms with Gasteiger partial charge in [-0.25, -0.2) is 9.37 Å². The second kappa shape index (κ2) is 8.02. The minimum absolute atomic E-state index is 0.110. The second-order valence-electron chi connectivity index (χ2n) is 6.55. The Morgan fingerprint density at radius 2 is 1.81 bits per heavy atom. The number of thiazole rings is 1. The summed E-state index contributed by atoms with van der Waals surface area (Å²) in [5, 5.41) is 3.48. The van der Waals surface area contributed by atoms with E-state index in [1.54, 1.807) is 0 Å². The molecular weight excluding hydrogens is 363 g/mol. The van der Waals surface area contributed by atoms with Gasteiger partial charge in [0.2, 0.25) is 0 Å². The van der Waals surface area contributed by atoms with Crippen LogP contribution in [0.15, 0.2) is 48.5 Å². The van der Waals surface area contributed by atoms with Crippen LogP contribution < -0.4 is 10.2 Å². The molecule has 140 valence electrons. The van der Waals surface area contributed by atoms with Gasteiger partial charge in [0, 0.05) is 45.0 Å². The van der Waals surface area contributed by atoms with E-state index >= 15 is 0 Å². The van der Waals surface area contributed by atoms with Crippen molar-refractivity contribution in [3.8, 4) is 0 Å². The summed E-state index contributed by atoms with van der Waals surface area (Å²) in [6, 6.07) is 14.4. The molecule has 0 atom stereocenters. The Hall–Kier alpha value is -2.51. The predicted octanol–water partition coefficient (Wildman–Crippen LogP) is 2.99. The lowest BCUT2D eigenvalue weighted by Crippen LogP contribution is -2.48. The fourth-order valence-electron chi connectivity index (χ4n) is 3.25. The monoisotopic (exact) mass is 384 g/mol. The Kier molecular flexibility index (Phi) is 5.31. The van der Waals surface area contributed by atoms with Crippen LogP contribution in [0.25, 0.3) is 10.2 Å². The predicted molar refractivity (Wildman–Crippen MR) is 107 cm³/mol. The van der Waals surface area contributed by atoms with Gasteiger partial charge in [-0.15, -0.1) is 11.3 Å². The number of fused-ring (bicyclic) bond motifs is 1. The van der Waals surface area contributed by atoms with Crippen molar-refractivity contribution in [2.24, 2.45) is 0 Å². The van der Waals surface area contributed by atoms with Crippen molar-refractivity contribution in [2.75, 3.05) is 44.2 Å². The standard InChI is InChI=1S/C20H21FN4OS/c21-15-5-7-16(8-6-15)25-13-11-24(12-14-25)10-9-22-19(26)20-23-17-3-1-2-4-18(17)27-20/h1-8H,9-14H2,(H,22,26).